The first-order chi connectivity index (χ1) is 8.44. The standard InChI is InChI=1S/C13H24N2O3/c1-3-5-10(6-4-2)11(16)15-8-7-13(14,9-15)12(17)18/h10H,3-9,14H2,1-2H3,(H,17,18). The summed E-state index contributed by atoms with van der Waals surface area (Å²) < 4.78 is 0. The number of nitrogens with zero attached hydrogens (tertiary/aromatic N) is 1. The third kappa shape index (κ3) is 3.22. The average molecular weight is 256 g/mol. The second-order valence-electron chi connectivity index (χ2n) is 5.25. The Bertz CT molecular complexity index is 313. The van der Waals surface area contributed by atoms with Crippen LogP contribution in [0.15, 0.2) is 0 Å². The molecule has 1 saturated heterocycles. The summed E-state index contributed by atoms with van der Waals surface area (Å²) in [5, 5.41) is 9.05. The van der Waals surface area contributed by atoms with Gasteiger partial charge in [-0.2, -0.15) is 0 Å². The van der Waals surface area contributed by atoms with Gasteiger partial charge in [0.15, 0.2) is 0 Å². The molecule has 1 atom stereocenters. The fourth-order valence-corrected chi connectivity index (χ4v) is 2.54. The molecule has 1 fully saturated rings. The summed E-state index contributed by atoms with van der Waals surface area (Å²) in [5.74, 6) is -0.913. The molecule has 0 radical (unpaired) electrons. The Hall–Kier alpha value is -1.10. The third-order valence-electron chi connectivity index (χ3n) is 3.66. The lowest BCUT2D eigenvalue weighted by Crippen LogP contribution is -2.51. The van der Waals surface area contributed by atoms with Crippen LogP contribution in [0.25, 0.3) is 0 Å². The molecule has 0 saturated carbocycles. The number of carbonyl (C=O) groups excluding carboxylic acids is 1. The van der Waals surface area contributed by atoms with Crippen molar-refractivity contribution in [1.82, 2.24) is 4.90 Å². The lowest BCUT2D eigenvalue weighted by Gasteiger charge is -2.24. The number of amides is 1. The van der Waals surface area contributed by atoms with Crippen LogP contribution in [0.2, 0.25) is 0 Å². The summed E-state index contributed by atoms with van der Waals surface area (Å²) in [6.45, 7) is 4.73. The summed E-state index contributed by atoms with van der Waals surface area (Å²) in [6, 6.07) is 0. The van der Waals surface area contributed by atoms with Crippen molar-refractivity contribution in [3.05, 3.63) is 0 Å². The van der Waals surface area contributed by atoms with Crippen LogP contribution >= 0.6 is 0 Å². The Morgan fingerprint density at radius 1 is 1.33 bits per heavy atom. The topological polar surface area (TPSA) is 83.6 Å². The van der Waals surface area contributed by atoms with Crippen molar-refractivity contribution in [1.29, 1.82) is 0 Å². The molecular formula is C13H24N2O3. The minimum Gasteiger partial charge on any atom is -0.480 e. The van der Waals surface area contributed by atoms with Crippen LogP contribution in [0.4, 0.5) is 0 Å². The predicted molar refractivity (Wildman–Crippen MR) is 69.1 cm³/mol. The zero-order valence-corrected chi connectivity index (χ0v) is 11.3. The largest absolute Gasteiger partial charge is 0.480 e. The van der Waals surface area contributed by atoms with E-state index in [2.05, 4.69) is 13.8 Å². The van der Waals surface area contributed by atoms with Gasteiger partial charge in [0.05, 0.1) is 0 Å². The van der Waals surface area contributed by atoms with Gasteiger partial charge in [-0.25, -0.2) is 0 Å². The van der Waals surface area contributed by atoms with Crippen molar-refractivity contribution in [2.45, 2.75) is 51.5 Å². The summed E-state index contributed by atoms with van der Waals surface area (Å²) in [7, 11) is 0. The average Bonchev–Trinajstić information content (AvgIpc) is 2.72. The molecule has 0 aromatic rings. The van der Waals surface area contributed by atoms with Crippen molar-refractivity contribution in [3.63, 3.8) is 0 Å². The Kier molecular flexibility index (Phi) is 5.14. The zero-order valence-electron chi connectivity index (χ0n) is 11.3. The fourth-order valence-electron chi connectivity index (χ4n) is 2.54. The lowest BCUT2D eigenvalue weighted by atomic mass is 9.96. The van der Waals surface area contributed by atoms with Crippen molar-refractivity contribution >= 4 is 11.9 Å². The van der Waals surface area contributed by atoms with E-state index in [1.807, 2.05) is 0 Å². The van der Waals surface area contributed by atoms with Gasteiger partial charge in [0.25, 0.3) is 0 Å². The van der Waals surface area contributed by atoms with Gasteiger partial charge in [-0.05, 0) is 19.3 Å². The normalized spacial score (nSPS) is 23.7. The van der Waals surface area contributed by atoms with Gasteiger partial charge in [-0.3, -0.25) is 9.59 Å². The molecule has 1 aliphatic heterocycles. The van der Waals surface area contributed by atoms with E-state index in [1.54, 1.807) is 4.90 Å². The molecule has 5 nitrogen and oxygen atoms in total. The fraction of sp³-hybridized carbons (Fsp3) is 0.846. The number of nitrogens with two attached hydrogens (primary N) is 1. The van der Waals surface area contributed by atoms with Crippen LogP contribution in [-0.4, -0.2) is 40.5 Å². The van der Waals surface area contributed by atoms with Crippen LogP contribution in [0.3, 0.4) is 0 Å². The smallest absolute Gasteiger partial charge is 0.325 e. The van der Waals surface area contributed by atoms with Crippen molar-refractivity contribution in [3.8, 4) is 0 Å². The quantitative estimate of drug-likeness (QED) is 0.748. The number of hydrogen-bond donors (Lipinski definition) is 2. The maximum absolute atomic E-state index is 12.3. The molecule has 1 aliphatic rings. The summed E-state index contributed by atoms with van der Waals surface area (Å²) >= 11 is 0. The minimum absolute atomic E-state index is 0.0242. The summed E-state index contributed by atoms with van der Waals surface area (Å²) in [4.78, 5) is 25.0. The zero-order chi connectivity index (χ0) is 13.8. The molecule has 18 heavy (non-hydrogen) atoms. The molecule has 0 aromatic heterocycles. The first-order valence-electron chi connectivity index (χ1n) is 6.75. The van der Waals surface area contributed by atoms with Crippen LogP contribution in [0.5, 0.6) is 0 Å². The molecule has 1 heterocycles. The van der Waals surface area contributed by atoms with Crippen LogP contribution < -0.4 is 5.73 Å². The maximum Gasteiger partial charge on any atom is 0.325 e. The van der Waals surface area contributed by atoms with Crippen LogP contribution in [-0.2, 0) is 9.59 Å². The monoisotopic (exact) mass is 256 g/mol. The van der Waals surface area contributed by atoms with E-state index in [1.165, 1.54) is 0 Å². The molecule has 104 valence electrons. The Balaban J connectivity index is 2.65. The van der Waals surface area contributed by atoms with E-state index in [0.29, 0.717) is 13.0 Å². The number of aliphatic carboxylic acids is 1. The first-order valence-corrected chi connectivity index (χ1v) is 6.75. The number of rotatable bonds is 6. The van der Waals surface area contributed by atoms with Crippen LogP contribution in [0, 0.1) is 5.92 Å². The van der Waals surface area contributed by atoms with Gasteiger partial charge < -0.3 is 15.7 Å². The van der Waals surface area contributed by atoms with E-state index in [4.69, 9.17) is 10.8 Å². The highest BCUT2D eigenvalue weighted by Crippen LogP contribution is 2.24. The maximum atomic E-state index is 12.3. The molecule has 1 amide bonds. The van der Waals surface area contributed by atoms with Gasteiger partial charge in [-0.15, -0.1) is 0 Å². The van der Waals surface area contributed by atoms with Crippen molar-refractivity contribution in [2.75, 3.05) is 13.1 Å². The summed E-state index contributed by atoms with van der Waals surface area (Å²) in [5.41, 5.74) is 4.53. The van der Waals surface area contributed by atoms with Gasteiger partial charge in [-0.1, -0.05) is 26.7 Å². The number of carboxylic acids is 1. The molecule has 1 rings (SSSR count). The lowest BCUT2D eigenvalue weighted by molar-refractivity contribution is -0.143. The Morgan fingerprint density at radius 3 is 2.28 bits per heavy atom. The van der Waals surface area contributed by atoms with Gasteiger partial charge in [0.2, 0.25) is 5.91 Å². The number of carboxylic acid groups (broad SMARTS) is 1. The van der Waals surface area contributed by atoms with Crippen molar-refractivity contribution in [2.24, 2.45) is 11.7 Å². The second-order valence-corrected chi connectivity index (χ2v) is 5.25. The van der Waals surface area contributed by atoms with Crippen LogP contribution in [0.1, 0.15) is 46.0 Å². The predicted octanol–water partition coefficient (Wildman–Crippen LogP) is 1.22. The highest BCUT2D eigenvalue weighted by molar-refractivity contribution is 5.84. The molecule has 0 aromatic carbocycles. The van der Waals surface area contributed by atoms with E-state index < -0.39 is 11.5 Å². The van der Waals surface area contributed by atoms with E-state index in [-0.39, 0.29) is 18.4 Å². The SMILES string of the molecule is CCCC(CCC)C(=O)N1CCC(N)(C(=O)O)C1. The first kappa shape index (κ1) is 15.0. The van der Waals surface area contributed by atoms with E-state index >= 15 is 0 Å². The second kappa shape index (κ2) is 6.18. The van der Waals surface area contributed by atoms with Gasteiger partial charge in [0, 0.05) is 19.0 Å². The highest BCUT2D eigenvalue weighted by atomic mass is 16.4. The molecule has 5 heteroatoms. The molecular weight excluding hydrogens is 232 g/mol. The Morgan fingerprint density at radius 2 is 1.89 bits per heavy atom. The number of hydrogen-bond acceptors (Lipinski definition) is 3. The molecule has 0 spiro atoms. The number of likely N-dealkylation sites (tertiary alicyclic amines) is 1. The summed E-state index contributed by atoms with van der Waals surface area (Å²) in [6.07, 6.45) is 4.02. The van der Waals surface area contributed by atoms with Gasteiger partial charge >= 0.3 is 5.97 Å². The van der Waals surface area contributed by atoms with Gasteiger partial charge in [0.1, 0.15) is 5.54 Å². The Labute approximate surface area is 108 Å². The molecule has 0 bridgehead atoms. The highest BCUT2D eigenvalue weighted by Gasteiger charge is 2.43. The van der Waals surface area contributed by atoms with E-state index in [9.17, 15) is 9.59 Å². The van der Waals surface area contributed by atoms with E-state index in [0.717, 1.165) is 25.7 Å². The molecule has 3 N–H and O–H groups in total. The number of carbonyl (C=O) groups is 2. The minimum atomic E-state index is -1.25. The third-order valence-corrected chi connectivity index (χ3v) is 3.66. The molecule has 1 unspecified atom stereocenters. The molecule has 0 aliphatic carbocycles. The van der Waals surface area contributed by atoms with Crippen molar-refractivity contribution < 1.29 is 14.7 Å².